The molecule has 0 amide bonds. The van der Waals surface area contributed by atoms with E-state index >= 15 is 0 Å². The van der Waals surface area contributed by atoms with Crippen LogP contribution >= 0.6 is 0 Å². The number of ether oxygens (including phenoxy) is 1. The van der Waals surface area contributed by atoms with Gasteiger partial charge in [0.05, 0.1) is 0 Å². The number of carbonyl (C=O) groups excluding carboxylic acids is 1. The smallest absolute Gasteiger partial charge is 0.157 e. The van der Waals surface area contributed by atoms with Crippen LogP contribution in [0, 0.1) is 0 Å². The summed E-state index contributed by atoms with van der Waals surface area (Å²) in [5.74, 6) is 0.731. The Morgan fingerprint density at radius 1 is 1.25 bits per heavy atom. The van der Waals surface area contributed by atoms with E-state index in [-0.39, 0.29) is 6.61 Å². The predicted octanol–water partition coefficient (Wildman–Crippen LogP) is 2.29. The van der Waals surface area contributed by atoms with Gasteiger partial charge in [0.15, 0.2) is 6.29 Å². The minimum atomic E-state index is 0.129. The zero-order valence-electron chi connectivity index (χ0n) is 7.49. The molecule has 0 aliphatic heterocycles. The summed E-state index contributed by atoms with van der Waals surface area (Å²) in [4.78, 5) is 9.85. The first-order valence-electron chi connectivity index (χ1n) is 4.05. The maximum absolute atomic E-state index is 9.85. The van der Waals surface area contributed by atoms with Crippen molar-refractivity contribution in [2.24, 2.45) is 0 Å². The molecule has 0 aromatic heterocycles. The maximum Gasteiger partial charge on any atom is 0.157 e. The van der Waals surface area contributed by atoms with Gasteiger partial charge in [-0.2, -0.15) is 0 Å². The lowest BCUT2D eigenvalue weighted by Crippen LogP contribution is -1.96. The molecular weight excluding hydrogens is 152 g/mol. The third-order valence-electron chi connectivity index (χ3n) is 1.06. The van der Waals surface area contributed by atoms with E-state index in [9.17, 15) is 4.79 Å². The van der Waals surface area contributed by atoms with E-state index in [1.165, 1.54) is 0 Å². The van der Waals surface area contributed by atoms with Gasteiger partial charge in [0.2, 0.25) is 0 Å². The number of hydrogen-bond acceptors (Lipinski definition) is 2. The lowest BCUT2D eigenvalue weighted by molar-refractivity contribution is -0.109. The minimum Gasteiger partial charge on any atom is -0.486 e. The molecule has 12 heavy (non-hydrogen) atoms. The van der Waals surface area contributed by atoms with Crippen LogP contribution < -0.4 is 4.74 Å². The van der Waals surface area contributed by atoms with Gasteiger partial charge in [-0.05, 0) is 12.1 Å². The molecular formula is C10H14O2. The van der Waals surface area contributed by atoms with Gasteiger partial charge in [-0.25, -0.2) is 0 Å². The second-order valence-corrected chi connectivity index (χ2v) is 1.79. The number of carbonyl (C=O) groups is 1. The summed E-state index contributed by atoms with van der Waals surface area (Å²) >= 11 is 0. The van der Waals surface area contributed by atoms with Crippen LogP contribution in [0.5, 0.6) is 5.75 Å². The van der Waals surface area contributed by atoms with Crippen LogP contribution in [0.25, 0.3) is 0 Å². The Morgan fingerprint density at radius 3 is 2.33 bits per heavy atom. The van der Waals surface area contributed by atoms with E-state index in [0.717, 1.165) is 12.0 Å². The van der Waals surface area contributed by atoms with Gasteiger partial charge >= 0.3 is 0 Å². The SMILES string of the molecule is CC.O=CCOc1ccccc1. The summed E-state index contributed by atoms with van der Waals surface area (Å²) in [7, 11) is 0. The number of aldehydes is 1. The van der Waals surface area contributed by atoms with Crippen LogP contribution in [-0.2, 0) is 4.79 Å². The molecule has 0 aliphatic rings. The van der Waals surface area contributed by atoms with E-state index in [0.29, 0.717) is 0 Å². The van der Waals surface area contributed by atoms with E-state index in [2.05, 4.69) is 0 Å². The van der Waals surface area contributed by atoms with Crippen molar-refractivity contribution >= 4 is 6.29 Å². The van der Waals surface area contributed by atoms with Crippen LogP contribution in [0.1, 0.15) is 13.8 Å². The summed E-state index contributed by atoms with van der Waals surface area (Å²) in [6.07, 6.45) is 0.729. The Balaban J connectivity index is 0.000000561. The molecule has 0 heterocycles. The molecule has 0 spiro atoms. The van der Waals surface area contributed by atoms with E-state index in [4.69, 9.17) is 4.74 Å². The second-order valence-electron chi connectivity index (χ2n) is 1.79. The zero-order valence-corrected chi connectivity index (χ0v) is 7.49. The quantitative estimate of drug-likeness (QED) is 0.644. The highest BCUT2D eigenvalue weighted by atomic mass is 16.5. The minimum absolute atomic E-state index is 0.129. The summed E-state index contributed by atoms with van der Waals surface area (Å²) < 4.78 is 4.99. The molecule has 0 bridgehead atoms. The first kappa shape index (κ1) is 10.7. The third kappa shape index (κ3) is 4.50. The summed E-state index contributed by atoms with van der Waals surface area (Å²) in [5.41, 5.74) is 0. The molecule has 0 saturated carbocycles. The fraction of sp³-hybridized carbons (Fsp3) is 0.300. The average Bonchev–Trinajstić information content (AvgIpc) is 2.19. The molecule has 2 heteroatoms. The van der Waals surface area contributed by atoms with Crippen LogP contribution in [0.2, 0.25) is 0 Å². The highest BCUT2D eigenvalue weighted by Gasteiger charge is 1.86. The van der Waals surface area contributed by atoms with Crippen LogP contribution in [-0.4, -0.2) is 12.9 Å². The summed E-state index contributed by atoms with van der Waals surface area (Å²) in [6, 6.07) is 9.24. The van der Waals surface area contributed by atoms with Gasteiger partial charge in [0, 0.05) is 0 Å². The molecule has 1 aromatic carbocycles. The van der Waals surface area contributed by atoms with Gasteiger partial charge in [0.1, 0.15) is 12.4 Å². The zero-order chi connectivity index (χ0) is 9.23. The Bertz CT molecular complexity index is 194. The lowest BCUT2D eigenvalue weighted by Gasteiger charge is -1.98. The summed E-state index contributed by atoms with van der Waals surface area (Å²) in [5, 5.41) is 0. The van der Waals surface area contributed by atoms with E-state index < -0.39 is 0 Å². The molecule has 0 saturated heterocycles. The molecule has 0 radical (unpaired) electrons. The Morgan fingerprint density at radius 2 is 1.83 bits per heavy atom. The highest BCUT2D eigenvalue weighted by molar-refractivity contribution is 5.51. The van der Waals surface area contributed by atoms with E-state index in [1.807, 2.05) is 44.2 Å². The maximum atomic E-state index is 9.85. The Hall–Kier alpha value is -1.31. The van der Waals surface area contributed by atoms with Crippen molar-refractivity contribution in [2.75, 3.05) is 6.61 Å². The van der Waals surface area contributed by atoms with Gasteiger partial charge in [-0.15, -0.1) is 0 Å². The lowest BCUT2D eigenvalue weighted by atomic mass is 10.3. The molecule has 0 atom stereocenters. The van der Waals surface area contributed by atoms with Crippen LogP contribution in [0.15, 0.2) is 30.3 Å². The van der Waals surface area contributed by atoms with Crippen molar-refractivity contribution in [2.45, 2.75) is 13.8 Å². The van der Waals surface area contributed by atoms with Crippen molar-refractivity contribution in [1.29, 1.82) is 0 Å². The topological polar surface area (TPSA) is 26.3 Å². The first-order chi connectivity index (χ1) is 5.93. The largest absolute Gasteiger partial charge is 0.486 e. The van der Waals surface area contributed by atoms with E-state index in [1.54, 1.807) is 0 Å². The average molecular weight is 166 g/mol. The van der Waals surface area contributed by atoms with Crippen molar-refractivity contribution in [1.82, 2.24) is 0 Å². The fourth-order valence-corrected chi connectivity index (χ4v) is 0.647. The van der Waals surface area contributed by atoms with Crippen LogP contribution in [0.3, 0.4) is 0 Å². The van der Waals surface area contributed by atoms with Crippen LogP contribution in [0.4, 0.5) is 0 Å². The Labute approximate surface area is 73.2 Å². The normalized spacial score (nSPS) is 7.83. The van der Waals surface area contributed by atoms with Crippen molar-refractivity contribution in [3.05, 3.63) is 30.3 Å². The molecule has 0 unspecified atom stereocenters. The first-order valence-corrected chi connectivity index (χ1v) is 4.05. The Kier molecular flexibility index (Phi) is 6.94. The molecule has 0 fully saturated rings. The predicted molar refractivity (Wildman–Crippen MR) is 49.3 cm³/mol. The molecule has 0 aliphatic carbocycles. The van der Waals surface area contributed by atoms with Gasteiger partial charge < -0.3 is 4.74 Å². The monoisotopic (exact) mass is 166 g/mol. The molecule has 1 aromatic rings. The van der Waals surface area contributed by atoms with Gasteiger partial charge in [-0.3, -0.25) is 4.79 Å². The van der Waals surface area contributed by atoms with Gasteiger partial charge in [-0.1, -0.05) is 32.0 Å². The van der Waals surface area contributed by atoms with Crippen molar-refractivity contribution in [3.63, 3.8) is 0 Å². The molecule has 0 N–H and O–H groups in total. The number of para-hydroxylation sites is 1. The highest BCUT2D eigenvalue weighted by Crippen LogP contribution is 2.06. The number of hydrogen-bond donors (Lipinski definition) is 0. The summed E-state index contributed by atoms with van der Waals surface area (Å²) in [6.45, 7) is 4.13. The fourth-order valence-electron chi connectivity index (χ4n) is 0.647. The van der Waals surface area contributed by atoms with Crippen molar-refractivity contribution in [3.8, 4) is 5.75 Å². The molecule has 66 valence electrons. The molecule has 1 rings (SSSR count). The molecule has 2 nitrogen and oxygen atoms in total. The second kappa shape index (κ2) is 7.79. The van der Waals surface area contributed by atoms with Gasteiger partial charge in [0.25, 0.3) is 0 Å². The third-order valence-corrected chi connectivity index (χ3v) is 1.06. The number of benzene rings is 1. The standard InChI is InChI=1S/C8H8O2.C2H6/c9-6-7-10-8-4-2-1-3-5-8;1-2/h1-6H,7H2;1-2H3. The number of rotatable bonds is 3. The van der Waals surface area contributed by atoms with Crippen molar-refractivity contribution < 1.29 is 9.53 Å².